The fourth-order valence-corrected chi connectivity index (χ4v) is 3.84. The average molecular weight is 356 g/mol. The molecule has 0 bridgehead atoms. The monoisotopic (exact) mass is 356 g/mol. The number of methoxy groups -OCH3 is 1. The first-order valence-electron chi connectivity index (χ1n) is 9.02. The van der Waals surface area contributed by atoms with Gasteiger partial charge in [-0.25, -0.2) is 0 Å². The Morgan fingerprint density at radius 3 is 2.77 bits per heavy atom. The minimum Gasteiger partial charge on any atom is -0.497 e. The Labute approximate surface area is 153 Å². The van der Waals surface area contributed by atoms with Gasteiger partial charge in [-0.1, -0.05) is 12.1 Å². The zero-order valence-electron chi connectivity index (χ0n) is 15.0. The van der Waals surface area contributed by atoms with Crippen LogP contribution in [0.4, 0.5) is 0 Å². The number of hydrogen-bond donors (Lipinski definition) is 0. The second kappa shape index (κ2) is 7.51. The Balaban J connectivity index is 1.38. The maximum atomic E-state index is 12.6. The van der Waals surface area contributed by atoms with E-state index in [0.29, 0.717) is 31.4 Å². The molecule has 0 N–H and O–H groups in total. The lowest BCUT2D eigenvalue weighted by molar-refractivity contribution is 0.0498. The summed E-state index contributed by atoms with van der Waals surface area (Å²) in [6.45, 7) is 4.61. The van der Waals surface area contributed by atoms with Gasteiger partial charge in [0.05, 0.1) is 26.1 Å². The number of carbonyl (C=O) groups excluding carboxylic acids is 1. The fraction of sp³-hybridized carbons (Fsp3) is 0.450. The summed E-state index contributed by atoms with van der Waals surface area (Å²) in [7, 11) is 1.68. The smallest absolute Gasteiger partial charge is 0.289 e. The van der Waals surface area contributed by atoms with Crippen molar-refractivity contribution in [2.75, 3.05) is 39.9 Å². The van der Waals surface area contributed by atoms with Crippen LogP contribution in [0.25, 0.3) is 0 Å². The van der Waals surface area contributed by atoms with E-state index >= 15 is 0 Å². The van der Waals surface area contributed by atoms with Gasteiger partial charge in [0.2, 0.25) is 0 Å². The van der Waals surface area contributed by atoms with Gasteiger partial charge in [0.15, 0.2) is 5.76 Å². The molecule has 6 heteroatoms. The van der Waals surface area contributed by atoms with Crippen LogP contribution in [0.5, 0.6) is 5.75 Å². The van der Waals surface area contributed by atoms with Crippen LogP contribution in [-0.2, 0) is 11.3 Å². The third-order valence-corrected chi connectivity index (χ3v) is 5.19. The summed E-state index contributed by atoms with van der Waals surface area (Å²) in [5, 5.41) is 0. The molecule has 2 fully saturated rings. The summed E-state index contributed by atoms with van der Waals surface area (Å²) in [4.78, 5) is 16.8. The highest BCUT2D eigenvalue weighted by molar-refractivity contribution is 5.91. The van der Waals surface area contributed by atoms with Gasteiger partial charge in [-0.05, 0) is 29.8 Å². The number of furan rings is 1. The summed E-state index contributed by atoms with van der Waals surface area (Å²) < 4.78 is 16.5. The molecule has 0 saturated carbocycles. The van der Waals surface area contributed by atoms with Crippen molar-refractivity contribution in [2.24, 2.45) is 5.92 Å². The molecule has 26 heavy (non-hydrogen) atoms. The average Bonchev–Trinajstić information content (AvgIpc) is 3.28. The Morgan fingerprint density at radius 1 is 1.19 bits per heavy atom. The molecule has 1 amide bonds. The summed E-state index contributed by atoms with van der Waals surface area (Å²) in [6, 6.07) is 11.6. The van der Waals surface area contributed by atoms with E-state index in [4.69, 9.17) is 13.9 Å². The maximum absolute atomic E-state index is 12.6. The maximum Gasteiger partial charge on any atom is 0.289 e. The third-order valence-electron chi connectivity index (χ3n) is 5.19. The molecule has 0 unspecified atom stereocenters. The van der Waals surface area contributed by atoms with Crippen LogP contribution >= 0.6 is 0 Å². The Kier molecular flexibility index (Phi) is 4.95. The highest BCUT2D eigenvalue weighted by Gasteiger charge is 2.37. The summed E-state index contributed by atoms with van der Waals surface area (Å²) in [6.07, 6.45) is 1.72. The molecule has 4 rings (SSSR count). The van der Waals surface area contributed by atoms with Gasteiger partial charge in [0.1, 0.15) is 5.75 Å². The predicted molar refractivity (Wildman–Crippen MR) is 96.1 cm³/mol. The lowest BCUT2D eigenvalue weighted by Gasteiger charge is -2.22. The van der Waals surface area contributed by atoms with Crippen LogP contribution in [0.15, 0.2) is 47.1 Å². The molecule has 138 valence electrons. The highest BCUT2D eigenvalue weighted by atomic mass is 16.5. The van der Waals surface area contributed by atoms with Gasteiger partial charge in [-0.2, -0.15) is 0 Å². The molecule has 0 spiro atoms. The number of ether oxygens (including phenoxy) is 2. The molecule has 2 aliphatic rings. The number of fused-ring (bicyclic) bond motifs is 1. The van der Waals surface area contributed by atoms with E-state index < -0.39 is 0 Å². The minimum absolute atomic E-state index is 0.0483. The fourth-order valence-electron chi connectivity index (χ4n) is 3.84. The number of hydrogen-bond acceptors (Lipinski definition) is 5. The lowest BCUT2D eigenvalue weighted by Crippen LogP contribution is -2.37. The largest absolute Gasteiger partial charge is 0.497 e. The van der Waals surface area contributed by atoms with Gasteiger partial charge >= 0.3 is 0 Å². The zero-order valence-corrected chi connectivity index (χ0v) is 15.0. The summed E-state index contributed by atoms with van der Waals surface area (Å²) >= 11 is 0. The summed E-state index contributed by atoms with van der Waals surface area (Å²) in [5.41, 5.74) is 1.26. The second-order valence-electron chi connectivity index (χ2n) is 6.94. The number of carbonyl (C=O) groups is 1. The third kappa shape index (κ3) is 3.61. The first-order valence-corrected chi connectivity index (χ1v) is 9.02. The normalized spacial score (nSPS) is 23.5. The van der Waals surface area contributed by atoms with Crippen molar-refractivity contribution in [1.82, 2.24) is 9.80 Å². The highest BCUT2D eigenvalue weighted by Crippen LogP contribution is 2.26. The zero-order chi connectivity index (χ0) is 17.9. The molecule has 2 saturated heterocycles. The number of amides is 1. The standard InChI is InChI=1S/C20H24N2O4/c1-24-17-6-4-15(5-7-17)11-21-12-16-13-22(8-10-26-19(16)14-21)20(23)18-3-2-9-25-18/h2-7,9,16,19H,8,10-14H2,1H3/t16-,19-/m0/s1. The molecule has 1 aromatic carbocycles. The molecule has 6 nitrogen and oxygen atoms in total. The number of nitrogens with zero attached hydrogens (tertiary/aromatic N) is 2. The second-order valence-corrected chi connectivity index (χ2v) is 6.94. The Bertz CT molecular complexity index is 729. The molecule has 2 aliphatic heterocycles. The van der Waals surface area contributed by atoms with E-state index in [1.54, 1.807) is 19.2 Å². The number of benzene rings is 1. The van der Waals surface area contributed by atoms with Crippen molar-refractivity contribution in [3.63, 3.8) is 0 Å². The van der Waals surface area contributed by atoms with E-state index in [1.165, 1.54) is 11.8 Å². The van der Waals surface area contributed by atoms with Gasteiger partial charge < -0.3 is 18.8 Å². The minimum atomic E-state index is -0.0483. The molecule has 1 aromatic heterocycles. The molecular weight excluding hydrogens is 332 g/mol. The quantitative estimate of drug-likeness (QED) is 0.841. The van der Waals surface area contributed by atoms with Crippen LogP contribution in [0.2, 0.25) is 0 Å². The molecule has 0 aliphatic carbocycles. The van der Waals surface area contributed by atoms with Crippen molar-refractivity contribution in [3.05, 3.63) is 54.0 Å². The van der Waals surface area contributed by atoms with Crippen molar-refractivity contribution in [2.45, 2.75) is 12.6 Å². The predicted octanol–water partition coefficient (Wildman–Crippen LogP) is 2.26. The first-order chi connectivity index (χ1) is 12.7. The van der Waals surface area contributed by atoms with E-state index in [1.807, 2.05) is 17.0 Å². The van der Waals surface area contributed by atoms with E-state index in [2.05, 4.69) is 17.0 Å². The topological polar surface area (TPSA) is 55.2 Å². The van der Waals surface area contributed by atoms with Crippen molar-refractivity contribution >= 4 is 5.91 Å². The van der Waals surface area contributed by atoms with E-state index in [0.717, 1.165) is 25.4 Å². The van der Waals surface area contributed by atoms with Gasteiger partial charge in [-0.15, -0.1) is 0 Å². The Morgan fingerprint density at radius 2 is 2.04 bits per heavy atom. The van der Waals surface area contributed by atoms with Gasteiger partial charge in [0.25, 0.3) is 5.91 Å². The van der Waals surface area contributed by atoms with Crippen LogP contribution in [0.3, 0.4) is 0 Å². The van der Waals surface area contributed by atoms with Crippen molar-refractivity contribution < 1.29 is 18.7 Å². The van der Waals surface area contributed by atoms with E-state index in [9.17, 15) is 4.79 Å². The van der Waals surface area contributed by atoms with Gasteiger partial charge in [0, 0.05) is 38.6 Å². The van der Waals surface area contributed by atoms with Crippen LogP contribution < -0.4 is 4.74 Å². The van der Waals surface area contributed by atoms with Gasteiger partial charge in [-0.3, -0.25) is 9.69 Å². The lowest BCUT2D eigenvalue weighted by atomic mass is 10.1. The van der Waals surface area contributed by atoms with Crippen molar-refractivity contribution in [1.29, 1.82) is 0 Å². The van der Waals surface area contributed by atoms with Crippen LogP contribution in [0, 0.1) is 5.92 Å². The molecule has 0 radical (unpaired) electrons. The molecule has 2 aromatic rings. The van der Waals surface area contributed by atoms with E-state index in [-0.39, 0.29) is 12.0 Å². The Hall–Kier alpha value is -2.31. The molecule has 3 heterocycles. The van der Waals surface area contributed by atoms with Crippen LogP contribution in [-0.4, -0.2) is 61.7 Å². The number of rotatable bonds is 4. The molecular formula is C20H24N2O4. The first kappa shape index (κ1) is 17.1. The summed E-state index contributed by atoms with van der Waals surface area (Å²) in [5.74, 6) is 1.55. The number of likely N-dealkylation sites (tertiary alicyclic amines) is 1. The van der Waals surface area contributed by atoms with Crippen LogP contribution in [0.1, 0.15) is 16.1 Å². The SMILES string of the molecule is COc1ccc(CN2C[C@H]3CN(C(=O)c4ccco4)CCO[C@H]3C2)cc1. The van der Waals surface area contributed by atoms with Crippen molar-refractivity contribution in [3.8, 4) is 5.75 Å². The molecule has 2 atom stereocenters.